The van der Waals surface area contributed by atoms with Crippen molar-refractivity contribution < 1.29 is 13.5 Å². The first-order valence-corrected chi connectivity index (χ1v) is 6.78. The van der Waals surface area contributed by atoms with Crippen molar-refractivity contribution >= 4 is 12.1 Å². The van der Waals surface area contributed by atoms with Gasteiger partial charge in [-0.3, -0.25) is 14.9 Å². The SMILES string of the molecule is CC(=CC(C)=NC1CC12CN(C#N)C=N2)CCOC(F)F. The highest BCUT2D eigenvalue weighted by Gasteiger charge is 2.57. The molecule has 1 saturated carbocycles. The number of aliphatic imine (C=N–C) groups is 2. The number of rotatable bonds is 6. The van der Waals surface area contributed by atoms with Gasteiger partial charge in [0, 0.05) is 12.1 Å². The molecule has 0 aromatic carbocycles. The second-order valence-electron chi connectivity index (χ2n) is 5.44. The zero-order valence-corrected chi connectivity index (χ0v) is 12.1. The molecule has 0 aromatic rings. The average Bonchev–Trinajstić information content (AvgIpc) is 2.87. The Kier molecular flexibility index (Phi) is 4.68. The third-order valence-corrected chi connectivity index (χ3v) is 3.59. The van der Waals surface area contributed by atoms with Crippen molar-refractivity contribution in [2.75, 3.05) is 13.2 Å². The van der Waals surface area contributed by atoms with E-state index >= 15 is 0 Å². The Bertz CT molecular complexity index is 524. The summed E-state index contributed by atoms with van der Waals surface area (Å²) < 4.78 is 27.9. The predicted molar refractivity (Wildman–Crippen MR) is 75.4 cm³/mol. The molecular formula is C14H18F2N4O. The van der Waals surface area contributed by atoms with E-state index < -0.39 is 6.61 Å². The highest BCUT2D eigenvalue weighted by Crippen LogP contribution is 2.45. The molecule has 2 atom stereocenters. The zero-order valence-electron chi connectivity index (χ0n) is 12.1. The van der Waals surface area contributed by atoms with Crippen LogP contribution in [0.15, 0.2) is 21.6 Å². The van der Waals surface area contributed by atoms with Crippen molar-refractivity contribution in [1.82, 2.24) is 4.90 Å². The maximum Gasteiger partial charge on any atom is 0.345 e. The summed E-state index contributed by atoms with van der Waals surface area (Å²) >= 11 is 0. The lowest BCUT2D eigenvalue weighted by molar-refractivity contribution is -0.127. The van der Waals surface area contributed by atoms with Crippen molar-refractivity contribution in [3.63, 3.8) is 0 Å². The van der Waals surface area contributed by atoms with E-state index in [2.05, 4.69) is 14.7 Å². The molecule has 2 rings (SSSR count). The van der Waals surface area contributed by atoms with Gasteiger partial charge < -0.3 is 4.74 Å². The second-order valence-corrected chi connectivity index (χ2v) is 5.44. The van der Waals surface area contributed by atoms with Gasteiger partial charge in [0.2, 0.25) is 0 Å². The van der Waals surface area contributed by atoms with Gasteiger partial charge >= 0.3 is 6.61 Å². The summed E-state index contributed by atoms with van der Waals surface area (Å²) in [5.41, 5.74) is 1.56. The minimum absolute atomic E-state index is 0.00205. The number of hydrogen-bond donors (Lipinski definition) is 0. The first-order chi connectivity index (χ1) is 9.95. The lowest BCUT2D eigenvalue weighted by Gasteiger charge is -2.06. The van der Waals surface area contributed by atoms with Crippen LogP contribution in [0.4, 0.5) is 8.78 Å². The molecule has 1 aliphatic carbocycles. The summed E-state index contributed by atoms with van der Waals surface area (Å²) in [7, 11) is 0. The molecule has 0 aromatic heterocycles. The molecule has 2 aliphatic rings. The molecule has 21 heavy (non-hydrogen) atoms. The van der Waals surface area contributed by atoms with Crippen LogP contribution in [0.1, 0.15) is 26.7 Å². The van der Waals surface area contributed by atoms with Gasteiger partial charge in [-0.15, -0.1) is 0 Å². The van der Waals surface area contributed by atoms with Crippen molar-refractivity contribution in [3.8, 4) is 6.19 Å². The molecule has 0 saturated heterocycles. The van der Waals surface area contributed by atoms with Gasteiger partial charge in [-0.05, 0) is 26.3 Å². The first kappa shape index (κ1) is 15.6. The van der Waals surface area contributed by atoms with Gasteiger partial charge in [-0.25, -0.2) is 0 Å². The second kappa shape index (κ2) is 6.31. The van der Waals surface area contributed by atoms with Crippen LogP contribution in [0.3, 0.4) is 0 Å². The molecule has 0 radical (unpaired) electrons. The maximum atomic E-state index is 11.9. The third kappa shape index (κ3) is 4.08. The molecule has 1 fully saturated rings. The molecule has 5 nitrogen and oxygen atoms in total. The average molecular weight is 296 g/mol. The van der Waals surface area contributed by atoms with Gasteiger partial charge in [-0.2, -0.15) is 14.0 Å². The van der Waals surface area contributed by atoms with Crippen LogP contribution >= 0.6 is 0 Å². The fraction of sp³-hybridized carbons (Fsp3) is 0.643. The Labute approximate surface area is 122 Å². The summed E-state index contributed by atoms with van der Waals surface area (Å²) in [6.45, 7) is 1.62. The minimum atomic E-state index is -2.72. The summed E-state index contributed by atoms with van der Waals surface area (Å²) in [5, 5.41) is 8.81. The monoisotopic (exact) mass is 296 g/mol. The molecule has 0 N–H and O–H groups in total. The molecule has 0 bridgehead atoms. The number of hydrogen-bond acceptors (Lipinski definition) is 5. The molecule has 0 amide bonds. The molecular weight excluding hydrogens is 278 g/mol. The van der Waals surface area contributed by atoms with Gasteiger partial charge in [0.1, 0.15) is 5.54 Å². The van der Waals surface area contributed by atoms with Gasteiger partial charge in [0.05, 0.1) is 25.5 Å². The normalized spacial score (nSPS) is 28.6. The van der Waals surface area contributed by atoms with Crippen molar-refractivity contribution in [3.05, 3.63) is 11.6 Å². The zero-order chi connectivity index (χ0) is 15.5. The maximum absolute atomic E-state index is 11.9. The Morgan fingerprint density at radius 1 is 1.67 bits per heavy atom. The standard InChI is InChI=1S/C14H18F2N4O/c1-10(3-4-21-13(15)16)5-11(2)19-12-6-14(12)7-20(8-17)9-18-14/h5,9,12-13H,3-4,6-7H2,1-2H3. The van der Waals surface area contributed by atoms with Crippen LogP contribution in [0.25, 0.3) is 0 Å². The van der Waals surface area contributed by atoms with E-state index in [1.807, 2.05) is 26.1 Å². The number of nitriles is 1. The van der Waals surface area contributed by atoms with Crippen molar-refractivity contribution in [2.24, 2.45) is 9.98 Å². The van der Waals surface area contributed by atoms with E-state index in [0.717, 1.165) is 17.7 Å². The third-order valence-electron chi connectivity index (χ3n) is 3.59. The van der Waals surface area contributed by atoms with E-state index in [1.54, 1.807) is 6.34 Å². The van der Waals surface area contributed by atoms with Gasteiger partial charge in [0.15, 0.2) is 6.19 Å². The number of halogens is 2. The molecule has 1 spiro atoms. The summed E-state index contributed by atoms with van der Waals surface area (Å²) in [5.74, 6) is 0. The van der Waals surface area contributed by atoms with Crippen LogP contribution in [0.5, 0.6) is 0 Å². The van der Waals surface area contributed by atoms with E-state index in [-0.39, 0.29) is 18.2 Å². The van der Waals surface area contributed by atoms with E-state index in [1.165, 1.54) is 4.90 Å². The van der Waals surface area contributed by atoms with Crippen LogP contribution < -0.4 is 0 Å². The van der Waals surface area contributed by atoms with Crippen molar-refractivity contribution in [1.29, 1.82) is 5.26 Å². The fourth-order valence-electron chi connectivity index (χ4n) is 2.39. The topological polar surface area (TPSA) is 61.0 Å². The number of allylic oxidation sites excluding steroid dienone is 1. The van der Waals surface area contributed by atoms with E-state index in [0.29, 0.717) is 13.0 Å². The molecule has 1 heterocycles. The molecule has 7 heteroatoms. The summed E-state index contributed by atoms with van der Waals surface area (Å²) in [6.07, 6.45) is 6.79. The Morgan fingerprint density at radius 2 is 2.43 bits per heavy atom. The highest BCUT2D eigenvalue weighted by atomic mass is 19.3. The van der Waals surface area contributed by atoms with E-state index in [4.69, 9.17) is 5.26 Å². The van der Waals surface area contributed by atoms with Crippen molar-refractivity contribution in [2.45, 2.75) is 44.9 Å². The minimum Gasteiger partial charge on any atom is -0.323 e. The Morgan fingerprint density at radius 3 is 3.05 bits per heavy atom. The predicted octanol–water partition coefficient (Wildman–Crippen LogP) is 2.36. The van der Waals surface area contributed by atoms with Crippen LogP contribution in [0.2, 0.25) is 0 Å². The Balaban J connectivity index is 1.83. The number of alkyl halides is 2. The summed E-state index contributed by atoms with van der Waals surface area (Å²) in [6, 6.07) is 0.105. The lowest BCUT2D eigenvalue weighted by atomic mass is 10.2. The quantitative estimate of drug-likeness (QED) is 0.558. The Hall–Kier alpha value is -1.81. The largest absolute Gasteiger partial charge is 0.345 e. The first-order valence-electron chi connectivity index (χ1n) is 6.78. The summed E-state index contributed by atoms with van der Waals surface area (Å²) in [4.78, 5) is 10.4. The van der Waals surface area contributed by atoms with Gasteiger partial charge in [-0.1, -0.05) is 5.57 Å². The highest BCUT2D eigenvalue weighted by molar-refractivity contribution is 5.93. The lowest BCUT2D eigenvalue weighted by Crippen LogP contribution is -2.22. The molecule has 114 valence electrons. The van der Waals surface area contributed by atoms with Gasteiger partial charge in [0.25, 0.3) is 0 Å². The van der Waals surface area contributed by atoms with Crippen LogP contribution in [0, 0.1) is 11.5 Å². The molecule has 1 aliphatic heterocycles. The van der Waals surface area contributed by atoms with Crippen LogP contribution in [-0.4, -0.2) is 48.3 Å². The smallest absolute Gasteiger partial charge is 0.323 e. The number of ether oxygens (including phenoxy) is 1. The van der Waals surface area contributed by atoms with Crippen LogP contribution in [-0.2, 0) is 4.74 Å². The number of nitrogens with zero attached hydrogens (tertiary/aromatic N) is 4. The fourth-order valence-corrected chi connectivity index (χ4v) is 2.39. The molecule has 2 unspecified atom stereocenters. The van der Waals surface area contributed by atoms with E-state index in [9.17, 15) is 8.78 Å².